The van der Waals surface area contributed by atoms with Gasteiger partial charge in [0.1, 0.15) is 0 Å². The summed E-state index contributed by atoms with van der Waals surface area (Å²) in [4.78, 5) is 25.3. The van der Waals surface area contributed by atoms with Crippen molar-refractivity contribution in [3.63, 3.8) is 0 Å². The SMILES string of the molecule is O=C1CC2(CCN(C(=O)c3ccc(Br)o3)C2)CN1. The number of hydrogen-bond donors (Lipinski definition) is 1. The number of furan rings is 1. The van der Waals surface area contributed by atoms with Gasteiger partial charge in [0.2, 0.25) is 5.91 Å². The summed E-state index contributed by atoms with van der Waals surface area (Å²) in [6.07, 6.45) is 1.40. The fourth-order valence-corrected chi connectivity index (χ4v) is 3.04. The second-order valence-electron chi connectivity index (χ2n) is 5.03. The molecule has 0 radical (unpaired) electrons. The molecule has 1 N–H and O–H groups in total. The molecule has 18 heavy (non-hydrogen) atoms. The number of likely N-dealkylation sites (tertiary alicyclic amines) is 1. The molecule has 2 saturated heterocycles. The Labute approximate surface area is 113 Å². The van der Waals surface area contributed by atoms with Gasteiger partial charge in [0.25, 0.3) is 5.91 Å². The first-order chi connectivity index (χ1) is 8.58. The minimum atomic E-state index is -0.100. The average molecular weight is 313 g/mol. The van der Waals surface area contributed by atoms with Crippen molar-refractivity contribution in [3.8, 4) is 0 Å². The molecule has 2 fully saturated rings. The molecule has 3 heterocycles. The normalized spacial score (nSPS) is 26.9. The monoisotopic (exact) mass is 312 g/mol. The van der Waals surface area contributed by atoms with Gasteiger partial charge < -0.3 is 14.6 Å². The van der Waals surface area contributed by atoms with Gasteiger partial charge in [-0.15, -0.1) is 0 Å². The molecule has 0 bridgehead atoms. The molecular weight excluding hydrogens is 300 g/mol. The summed E-state index contributed by atoms with van der Waals surface area (Å²) in [6, 6.07) is 3.37. The molecule has 1 aromatic heterocycles. The predicted octanol–water partition coefficient (Wildman–Crippen LogP) is 1.39. The maximum Gasteiger partial charge on any atom is 0.289 e. The zero-order valence-electron chi connectivity index (χ0n) is 9.74. The molecule has 1 atom stereocenters. The van der Waals surface area contributed by atoms with Crippen LogP contribution in [0.4, 0.5) is 0 Å². The molecule has 96 valence electrons. The lowest BCUT2D eigenvalue weighted by molar-refractivity contribution is -0.119. The van der Waals surface area contributed by atoms with E-state index in [1.54, 1.807) is 17.0 Å². The van der Waals surface area contributed by atoms with E-state index in [0.29, 0.717) is 36.5 Å². The summed E-state index contributed by atoms with van der Waals surface area (Å²) in [5.74, 6) is 0.332. The highest BCUT2D eigenvalue weighted by atomic mass is 79.9. The van der Waals surface area contributed by atoms with E-state index in [9.17, 15) is 9.59 Å². The summed E-state index contributed by atoms with van der Waals surface area (Å²) < 4.78 is 5.83. The van der Waals surface area contributed by atoms with Crippen LogP contribution in [-0.4, -0.2) is 36.3 Å². The van der Waals surface area contributed by atoms with Crippen LogP contribution in [0.1, 0.15) is 23.4 Å². The molecular formula is C12H13BrN2O3. The number of carbonyl (C=O) groups excluding carboxylic acids is 2. The quantitative estimate of drug-likeness (QED) is 0.852. The van der Waals surface area contributed by atoms with Crippen LogP contribution in [0.25, 0.3) is 0 Å². The van der Waals surface area contributed by atoms with Crippen LogP contribution in [0, 0.1) is 5.41 Å². The molecule has 1 unspecified atom stereocenters. The van der Waals surface area contributed by atoms with E-state index in [0.717, 1.165) is 6.42 Å². The van der Waals surface area contributed by atoms with Gasteiger partial charge in [-0.2, -0.15) is 0 Å². The van der Waals surface area contributed by atoms with Crippen LogP contribution in [-0.2, 0) is 4.79 Å². The summed E-state index contributed by atoms with van der Waals surface area (Å²) >= 11 is 3.18. The Hall–Kier alpha value is -1.30. The van der Waals surface area contributed by atoms with Gasteiger partial charge >= 0.3 is 0 Å². The van der Waals surface area contributed by atoms with Crippen LogP contribution in [0.3, 0.4) is 0 Å². The summed E-state index contributed by atoms with van der Waals surface area (Å²) in [6.45, 7) is 1.99. The smallest absolute Gasteiger partial charge is 0.289 e. The topological polar surface area (TPSA) is 62.6 Å². The Balaban J connectivity index is 1.72. The number of halogens is 1. The summed E-state index contributed by atoms with van der Waals surface area (Å²) in [7, 11) is 0. The molecule has 1 aromatic rings. The molecule has 0 aromatic carbocycles. The number of hydrogen-bond acceptors (Lipinski definition) is 3. The third-order valence-electron chi connectivity index (χ3n) is 3.71. The van der Waals surface area contributed by atoms with Crippen LogP contribution < -0.4 is 5.32 Å². The molecule has 2 aliphatic heterocycles. The first kappa shape index (κ1) is 11.8. The number of rotatable bonds is 1. The second kappa shape index (κ2) is 4.12. The van der Waals surface area contributed by atoms with E-state index >= 15 is 0 Å². The Kier molecular flexibility index (Phi) is 2.69. The summed E-state index contributed by atoms with van der Waals surface area (Å²) in [5.41, 5.74) is -0.0590. The second-order valence-corrected chi connectivity index (χ2v) is 5.82. The zero-order chi connectivity index (χ0) is 12.8. The highest BCUT2D eigenvalue weighted by molar-refractivity contribution is 9.10. The first-order valence-electron chi connectivity index (χ1n) is 5.89. The van der Waals surface area contributed by atoms with E-state index in [2.05, 4.69) is 21.2 Å². The van der Waals surface area contributed by atoms with Crippen molar-refractivity contribution >= 4 is 27.7 Å². The van der Waals surface area contributed by atoms with Crippen molar-refractivity contribution in [2.45, 2.75) is 12.8 Å². The minimum Gasteiger partial charge on any atom is -0.444 e. The predicted molar refractivity (Wildman–Crippen MR) is 67.0 cm³/mol. The van der Waals surface area contributed by atoms with E-state index in [1.165, 1.54) is 0 Å². The number of nitrogens with zero attached hydrogens (tertiary/aromatic N) is 1. The van der Waals surface area contributed by atoms with Crippen LogP contribution >= 0.6 is 15.9 Å². The Morgan fingerprint density at radius 3 is 2.94 bits per heavy atom. The third-order valence-corrected chi connectivity index (χ3v) is 4.13. The van der Waals surface area contributed by atoms with Crippen molar-refractivity contribution in [2.75, 3.05) is 19.6 Å². The molecule has 1 spiro atoms. The van der Waals surface area contributed by atoms with Gasteiger partial charge in [-0.1, -0.05) is 0 Å². The third kappa shape index (κ3) is 1.94. The van der Waals surface area contributed by atoms with Crippen LogP contribution in [0.5, 0.6) is 0 Å². The van der Waals surface area contributed by atoms with Crippen LogP contribution in [0.2, 0.25) is 0 Å². The molecule has 6 heteroatoms. The van der Waals surface area contributed by atoms with Gasteiger partial charge in [-0.05, 0) is 34.5 Å². The number of nitrogens with one attached hydrogen (secondary N) is 1. The van der Waals surface area contributed by atoms with Gasteiger partial charge in [0, 0.05) is 31.5 Å². The maximum atomic E-state index is 12.2. The Morgan fingerprint density at radius 2 is 2.33 bits per heavy atom. The highest BCUT2D eigenvalue weighted by Gasteiger charge is 2.45. The van der Waals surface area contributed by atoms with Crippen molar-refractivity contribution in [1.29, 1.82) is 0 Å². The van der Waals surface area contributed by atoms with Gasteiger partial charge in [0.15, 0.2) is 10.4 Å². The van der Waals surface area contributed by atoms with Crippen molar-refractivity contribution in [1.82, 2.24) is 10.2 Å². The summed E-state index contributed by atoms with van der Waals surface area (Å²) in [5, 5.41) is 2.85. The number of amides is 2. The maximum absolute atomic E-state index is 12.2. The highest BCUT2D eigenvalue weighted by Crippen LogP contribution is 2.37. The Bertz CT molecular complexity index is 513. The first-order valence-corrected chi connectivity index (χ1v) is 6.69. The lowest BCUT2D eigenvalue weighted by Gasteiger charge is -2.21. The van der Waals surface area contributed by atoms with Crippen molar-refractivity contribution < 1.29 is 14.0 Å². The Morgan fingerprint density at radius 1 is 1.50 bits per heavy atom. The minimum absolute atomic E-state index is 0.0590. The lowest BCUT2D eigenvalue weighted by atomic mass is 9.86. The largest absolute Gasteiger partial charge is 0.444 e. The molecule has 5 nitrogen and oxygen atoms in total. The van der Waals surface area contributed by atoms with Gasteiger partial charge in [-0.3, -0.25) is 9.59 Å². The van der Waals surface area contributed by atoms with Crippen LogP contribution in [0.15, 0.2) is 21.2 Å². The standard InChI is InChI=1S/C12H13BrN2O3/c13-9-2-1-8(18-9)11(17)15-4-3-12(7-15)5-10(16)14-6-12/h1-2H,3-7H2,(H,14,16). The molecule has 0 saturated carbocycles. The molecule has 3 rings (SSSR count). The van der Waals surface area contributed by atoms with E-state index in [1.807, 2.05) is 0 Å². The zero-order valence-corrected chi connectivity index (χ0v) is 11.3. The average Bonchev–Trinajstić information content (AvgIpc) is 3.01. The lowest BCUT2D eigenvalue weighted by Crippen LogP contribution is -2.33. The fraction of sp³-hybridized carbons (Fsp3) is 0.500. The van der Waals surface area contributed by atoms with Crippen molar-refractivity contribution in [3.05, 3.63) is 22.6 Å². The molecule has 0 aliphatic carbocycles. The number of carbonyl (C=O) groups is 2. The molecule has 2 amide bonds. The van der Waals surface area contributed by atoms with Crippen molar-refractivity contribution in [2.24, 2.45) is 5.41 Å². The van der Waals surface area contributed by atoms with Gasteiger partial charge in [-0.25, -0.2) is 0 Å². The van der Waals surface area contributed by atoms with E-state index < -0.39 is 0 Å². The van der Waals surface area contributed by atoms with Gasteiger partial charge in [0.05, 0.1) is 0 Å². The van der Waals surface area contributed by atoms with E-state index in [-0.39, 0.29) is 17.2 Å². The van der Waals surface area contributed by atoms with E-state index in [4.69, 9.17) is 4.42 Å². The molecule has 2 aliphatic rings. The fourth-order valence-electron chi connectivity index (χ4n) is 2.73.